The van der Waals surface area contributed by atoms with Crippen LogP contribution in [0, 0.1) is 0 Å². The number of ether oxygens (including phenoxy) is 8. The highest BCUT2D eigenvalue weighted by Crippen LogP contribution is 2.29. The fraction of sp³-hybridized carbons (Fsp3) is 0.613. The molecule has 2 heterocycles. The molecule has 3 rings (SSSR count). The van der Waals surface area contributed by atoms with Crippen molar-refractivity contribution in [3.63, 3.8) is 0 Å². The van der Waals surface area contributed by atoms with E-state index in [0.717, 1.165) is 5.56 Å². The maximum atomic E-state index is 12.2. The van der Waals surface area contributed by atoms with E-state index < -0.39 is 60.6 Å². The number of esters is 2. The van der Waals surface area contributed by atoms with Crippen LogP contribution in [0.4, 0.5) is 13.2 Å². The van der Waals surface area contributed by atoms with Crippen molar-refractivity contribution < 1.29 is 75.4 Å². The number of nitrogens with zero attached hydrogens (tertiary/aromatic N) is 3. The number of carboxylic acids is 1. The number of hydrogen-bond donors (Lipinski definition) is 3. The third-order valence-corrected chi connectivity index (χ3v) is 6.65. The number of hydrogen-bond acceptors (Lipinski definition) is 15. The van der Waals surface area contributed by atoms with E-state index in [1.54, 1.807) is 13.3 Å². The van der Waals surface area contributed by atoms with Crippen LogP contribution in [0.1, 0.15) is 20.8 Å². The lowest BCUT2D eigenvalue weighted by atomic mass is 9.95. The van der Waals surface area contributed by atoms with Crippen molar-refractivity contribution >= 4 is 23.8 Å². The number of aliphatic carboxylic acids is 1. The summed E-state index contributed by atoms with van der Waals surface area (Å²) >= 11 is 0. The van der Waals surface area contributed by atoms with Gasteiger partial charge >= 0.3 is 24.1 Å². The van der Waals surface area contributed by atoms with Gasteiger partial charge in [0.05, 0.1) is 66.1 Å². The van der Waals surface area contributed by atoms with Gasteiger partial charge in [0.25, 0.3) is 0 Å². The Labute approximate surface area is 296 Å². The summed E-state index contributed by atoms with van der Waals surface area (Å²) in [5.41, 5.74) is 6.71. The summed E-state index contributed by atoms with van der Waals surface area (Å²) in [6, 6.07) is 6.32. The molecule has 1 aromatic carbocycles. The van der Waals surface area contributed by atoms with E-state index in [0.29, 0.717) is 51.0 Å². The second-order valence-electron chi connectivity index (χ2n) is 10.8. The molecule has 0 aliphatic carbocycles. The van der Waals surface area contributed by atoms with E-state index in [1.165, 1.54) is 25.5 Å². The number of halogens is 3. The SMILES string of the molecule is COc1cccc(-c2cn(C[C@H]3OC(OCCOCCOCCOCCN)[C@H](NC(C)=O)[C@@H](OC(C)=O)[C@H]3OC(C)=O)nn2)c1.O=C(O)C(F)(F)F. The van der Waals surface area contributed by atoms with Gasteiger partial charge in [0.2, 0.25) is 5.91 Å². The van der Waals surface area contributed by atoms with Gasteiger partial charge in [-0.25, -0.2) is 9.48 Å². The van der Waals surface area contributed by atoms with Gasteiger partial charge in [0, 0.05) is 32.9 Å². The maximum Gasteiger partial charge on any atom is 0.490 e. The standard InChI is InChI=1S/C29H43N5O11.C2HF3O2/c1-19(35)31-26-28(44-21(3)37)27(43-20(2)36)25(18-34-17-24(32-33-34)22-6-5-7-23(16-22)38-4)45-29(26)42-15-14-41-13-12-40-11-10-39-9-8-30;3-2(4,5)1(6)7/h5-7,16-17,25-29H,8-15,18,30H2,1-4H3,(H,31,35);(H,6,7)/t25-,26-,27+,28-,29?;/m1./s1. The molecule has 1 unspecified atom stereocenters. The number of aromatic nitrogens is 3. The summed E-state index contributed by atoms with van der Waals surface area (Å²) in [6.45, 7) is 6.51. The van der Waals surface area contributed by atoms with Crippen molar-refractivity contribution in [2.45, 2.75) is 64.1 Å². The molecule has 18 nitrogen and oxygen atoms in total. The average molecular weight is 752 g/mol. The van der Waals surface area contributed by atoms with Gasteiger partial charge in [0.1, 0.15) is 23.6 Å². The number of amides is 1. The zero-order valence-electron chi connectivity index (χ0n) is 29.0. The van der Waals surface area contributed by atoms with Crippen LogP contribution < -0.4 is 15.8 Å². The van der Waals surface area contributed by atoms with E-state index in [4.69, 9.17) is 53.5 Å². The third kappa shape index (κ3) is 15.9. The molecule has 1 saturated heterocycles. The molecule has 0 bridgehead atoms. The van der Waals surface area contributed by atoms with E-state index in [2.05, 4.69) is 15.6 Å². The van der Waals surface area contributed by atoms with Crippen molar-refractivity contribution in [1.29, 1.82) is 0 Å². The summed E-state index contributed by atoms with van der Waals surface area (Å²) in [4.78, 5) is 45.4. The number of carbonyl (C=O) groups is 4. The minimum Gasteiger partial charge on any atom is -0.497 e. The number of benzene rings is 1. The Kier molecular flexibility index (Phi) is 18.9. The Hall–Kier alpha value is -4.41. The van der Waals surface area contributed by atoms with Crippen molar-refractivity contribution in [1.82, 2.24) is 20.3 Å². The second-order valence-corrected chi connectivity index (χ2v) is 10.8. The average Bonchev–Trinajstić information content (AvgIpc) is 3.54. The fourth-order valence-electron chi connectivity index (χ4n) is 4.58. The van der Waals surface area contributed by atoms with Crippen LogP contribution in [-0.2, 0) is 58.9 Å². The van der Waals surface area contributed by atoms with Crippen LogP contribution in [-0.4, -0.2) is 141 Å². The fourth-order valence-corrected chi connectivity index (χ4v) is 4.58. The van der Waals surface area contributed by atoms with Crippen molar-refractivity contribution in [3.05, 3.63) is 30.5 Å². The Morgan fingerprint density at radius 2 is 1.52 bits per heavy atom. The molecule has 52 heavy (non-hydrogen) atoms. The summed E-state index contributed by atoms with van der Waals surface area (Å²) in [6.07, 6.45) is -7.66. The molecular formula is C31H44F3N5O13. The summed E-state index contributed by atoms with van der Waals surface area (Å²) < 4.78 is 78.2. The van der Waals surface area contributed by atoms with Gasteiger partial charge in [-0.15, -0.1) is 5.10 Å². The van der Waals surface area contributed by atoms with Crippen LogP contribution in [0.15, 0.2) is 30.5 Å². The van der Waals surface area contributed by atoms with E-state index in [1.807, 2.05) is 24.3 Å². The molecule has 0 spiro atoms. The summed E-state index contributed by atoms with van der Waals surface area (Å²) in [7, 11) is 1.57. The quantitative estimate of drug-likeness (QED) is 0.133. The van der Waals surface area contributed by atoms with Gasteiger partial charge in [0.15, 0.2) is 18.5 Å². The van der Waals surface area contributed by atoms with Crippen LogP contribution in [0.2, 0.25) is 0 Å². The predicted molar refractivity (Wildman–Crippen MR) is 171 cm³/mol. The van der Waals surface area contributed by atoms with Crippen LogP contribution in [0.3, 0.4) is 0 Å². The van der Waals surface area contributed by atoms with Crippen LogP contribution in [0.25, 0.3) is 11.3 Å². The largest absolute Gasteiger partial charge is 0.497 e. The van der Waals surface area contributed by atoms with Gasteiger partial charge in [-0.1, -0.05) is 17.3 Å². The molecule has 1 amide bonds. The molecule has 5 atom stereocenters. The molecule has 4 N–H and O–H groups in total. The molecule has 21 heteroatoms. The van der Waals surface area contributed by atoms with E-state index >= 15 is 0 Å². The molecule has 1 aliphatic heterocycles. The molecule has 0 saturated carbocycles. The zero-order chi connectivity index (χ0) is 38.7. The maximum absolute atomic E-state index is 12.2. The van der Waals surface area contributed by atoms with Gasteiger partial charge in [-0.3, -0.25) is 14.4 Å². The van der Waals surface area contributed by atoms with Crippen molar-refractivity contribution in [3.8, 4) is 17.0 Å². The Bertz CT molecular complexity index is 1410. The smallest absolute Gasteiger partial charge is 0.490 e. The van der Waals surface area contributed by atoms with Crippen molar-refractivity contribution in [2.75, 3.05) is 59.9 Å². The van der Waals surface area contributed by atoms with Crippen molar-refractivity contribution in [2.24, 2.45) is 5.73 Å². The summed E-state index contributed by atoms with van der Waals surface area (Å²) in [5, 5.41) is 18.3. The number of nitrogens with two attached hydrogens (primary N) is 1. The molecule has 1 aromatic heterocycles. The number of carboxylic acid groups (broad SMARTS) is 1. The Morgan fingerprint density at radius 1 is 0.942 bits per heavy atom. The first-order valence-corrected chi connectivity index (χ1v) is 15.8. The van der Waals surface area contributed by atoms with Gasteiger partial charge in [-0.05, 0) is 12.1 Å². The number of methoxy groups -OCH3 is 1. The van der Waals surface area contributed by atoms with Crippen LogP contribution in [0.5, 0.6) is 5.75 Å². The first-order chi connectivity index (χ1) is 24.7. The number of alkyl halides is 3. The highest BCUT2D eigenvalue weighted by Gasteiger charge is 2.51. The molecular weight excluding hydrogens is 707 g/mol. The first-order valence-electron chi connectivity index (χ1n) is 15.8. The highest BCUT2D eigenvalue weighted by atomic mass is 19.4. The molecule has 292 valence electrons. The first kappa shape index (κ1) is 43.8. The molecule has 2 aromatic rings. The Morgan fingerprint density at radius 3 is 2.06 bits per heavy atom. The minimum atomic E-state index is -5.08. The molecule has 1 fully saturated rings. The van der Waals surface area contributed by atoms with E-state index in [9.17, 15) is 27.6 Å². The lowest BCUT2D eigenvalue weighted by molar-refractivity contribution is -0.276. The van der Waals surface area contributed by atoms with Crippen LogP contribution >= 0.6 is 0 Å². The minimum absolute atomic E-state index is 0.0438. The molecule has 0 radical (unpaired) electrons. The molecule has 1 aliphatic rings. The highest BCUT2D eigenvalue weighted by molar-refractivity contribution is 5.74. The normalized spacial score (nSPS) is 19.9. The van der Waals surface area contributed by atoms with Gasteiger partial charge < -0.3 is 54.1 Å². The topological polar surface area (TPSA) is 231 Å². The number of nitrogens with one attached hydrogen (secondary N) is 1. The second kappa shape index (κ2) is 22.5. The number of rotatable bonds is 19. The van der Waals surface area contributed by atoms with E-state index in [-0.39, 0.29) is 19.8 Å². The predicted octanol–water partition coefficient (Wildman–Crippen LogP) is 0.705. The lowest BCUT2D eigenvalue weighted by Gasteiger charge is -2.45. The Balaban J connectivity index is 0.00000121. The van der Waals surface area contributed by atoms with Gasteiger partial charge in [-0.2, -0.15) is 13.2 Å². The summed E-state index contributed by atoms with van der Waals surface area (Å²) in [5.74, 6) is -3.82. The third-order valence-electron chi connectivity index (χ3n) is 6.65. The zero-order valence-corrected chi connectivity index (χ0v) is 29.0. The monoisotopic (exact) mass is 751 g/mol. The number of carbonyl (C=O) groups excluding carboxylic acids is 3. The lowest BCUT2D eigenvalue weighted by Crippen LogP contribution is -2.66.